The lowest BCUT2D eigenvalue weighted by Gasteiger charge is -2.03. The van der Waals surface area contributed by atoms with Gasteiger partial charge in [-0.3, -0.25) is 5.43 Å². The number of carbonyl (C=O) groups is 1. The van der Waals surface area contributed by atoms with Crippen LogP contribution in [0.2, 0.25) is 0 Å². The third-order valence-electron chi connectivity index (χ3n) is 2.89. The van der Waals surface area contributed by atoms with E-state index in [1.54, 1.807) is 24.4 Å². The Hall–Kier alpha value is -2.93. The molecule has 0 unspecified atom stereocenters. The van der Waals surface area contributed by atoms with Crippen LogP contribution in [0.15, 0.2) is 53.6 Å². The maximum atomic E-state index is 10.5. The van der Waals surface area contributed by atoms with Gasteiger partial charge in [-0.2, -0.15) is 5.10 Å². The van der Waals surface area contributed by atoms with Gasteiger partial charge < -0.3 is 9.84 Å². The van der Waals surface area contributed by atoms with E-state index in [0.29, 0.717) is 10.9 Å². The first kappa shape index (κ1) is 15.0. The lowest BCUT2D eigenvalue weighted by Crippen LogP contribution is -2.09. The maximum Gasteiger partial charge on any atom is 0.341 e. The van der Waals surface area contributed by atoms with Crippen molar-refractivity contribution in [3.8, 4) is 5.75 Å². The van der Waals surface area contributed by atoms with E-state index < -0.39 is 5.97 Å². The second-order valence-corrected chi connectivity index (χ2v) is 5.64. The molecule has 3 rings (SSSR count). The number of hydrazone groups is 1. The van der Waals surface area contributed by atoms with Crippen LogP contribution in [0.1, 0.15) is 5.56 Å². The van der Waals surface area contributed by atoms with Crippen LogP contribution >= 0.6 is 11.3 Å². The molecule has 0 aliphatic carbocycles. The topological polar surface area (TPSA) is 83.8 Å². The number of ether oxygens (including phenoxy) is 1. The summed E-state index contributed by atoms with van der Waals surface area (Å²) in [4.78, 5) is 14.9. The Bertz CT molecular complexity index is 827. The number of hydrogen-bond donors (Lipinski definition) is 2. The first-order valence-electron chi connectivity index (χ1n) is 6.80. The van der Waals surface area contributed by atoms with Gasteiger partial charge in [-0.25, -0.2) is 9.78 Å². The summed E-state index contributed by atoms with van der Waals surface area (Å²) in [5.41, 5.74) is 4.62. The van der Waals surface area contributed by atoms with Gasteiger partial charge in [0.15, 0.2) is 6.61 Å². The summed E-state index contributed by atoms with van der Waals surface area (Å²) in [5.74, 6) is -0.530. The fraction of sp³-hybridized carbons (Fsp3) is 0.0625. The van der Waals surface area contributed by atoms with Crippen LogP contribution in [0.25, 0.3) is 10.2 Å². The summed E-state index contributed by atoms with van der Waals surface area (Å²) >= 11 is 1.52. The molecule has 0 bridgehead atoms. The molecule has 0 atom stereocenters. The van der Waals surface area contributed by atoms with Crippen molar-refractivity contribution in [1.29, 1.82) is 0 Å². The van der Waals surface area contributed by atoms with E-state index >= 15 is 0 Å². The Morgan fingerprint density at radius 2 is 2.17 bits per heavy atom. The molecule has 2 aromatic carbocycles. The Kier molecular flexibility index (Phi) is 4.49. The zero-order chi connectivity index (χ0) is 16.1. The van der Waals surface area contributed by atoms with Crippen molar-refractivity contribution < 1.29 is 14.6 Å². The van der Waals surface area contributed by atoms with Crippen LogP contribution in [0.4, 0.5) is 5.13 Å². The molecule has 0 fully saturated rings. The van der Waals surface area contributed by atoms with E-state index in [4.69, 9.17) is 9.84 Å². The molecule has 0 spiro atoms. The lowest BCUT2D eigenvalue weighted by atomic mass is 10.2. The second kappa shape index (κ2) is 6.89. The van der Waals surface area contributed by atoms with Crippen molar-refractivity contribution in [3.05, 3.63) is 54.1 Å². The van der Waals surface area contributed by atoms with E-state index in [0.717, 1.165) is 15.8 Å². The summed E-state index contributed by atoms with van der Waals surface area (Å²) in [6.07, 6.45) is 1.62. The highest BCUT2D eigenvalue weighted by molar-refractivity contribution is 7.22. The minimum Gasteiger partial charge on any atom is -0.482 e. The molecule has 0 saturated carbocycles. The van der Waals surface area contributed by atoms with Crippen molar-refractivity contribution >= 4 is 38.9 Å². The largest absolute Gasteiger partial charge is 0.482 e. The summed E-state index contributed by atoms with van der Waals surface area (Å²) in [7, 11) is 0. The number of carboxylic acid groups (broad SMARTS) is 1. The van der Waals surface area contributed by atoms with Gasteiger partial charge in [0.25, 0.3) is 0 Å². The highest BCUT2D eigenvalue weighted by atomic mass is 32.1. The molecule has 0 aliphatic heterocycles. The Balaban J connectivity index is 1.65. The second-order valence-electron chi connectivity index (χ2n) is 4.61. The summed E-state index contributed by atoms with van der Waals surface area (Å²) in [6.45, 7) is -0.370. The minimum atomic E-state index is -1.01. The number of para-hydroxylation sites is 1. The highest BCUT2D eigenvalue weighted by Crippen LogP contribution is 2.25. The molecule has 23 heavy (non-hydrogen) atoms. The SMILES string of the molecule is O=C(O)COc1cccc(/C=N\Nc2nc3ccccc3s2)c1. The number of hydrogen-bond acceptors (Lipinski definition) is 6. The number of fused-ring (bicyclic) bond motifs is 1. The predicted octanol–water partition coefficient (Wildman–Crippen LogP) is 3.21. The monoisotopic (exact) mass is 327 g/mol. The molecule has 0 saturated heterocycles. The Labute approximate surface area is 136 Å². The molecule has 1 heterocycles. The molecule has 3 aromatic rings. The first-order chi connectivity index (χ1) is 11.2. The van der Waals surface area contributed by atoms with Crippen molar-refractivity contribution in [1.82, 2.24) is 4.98 Å². The van der Waals surface area contributed by atoms with Gasteiger partial charge in [-0.15, -0.1) is 0 Å². The standard InChI is InChI=1S/C16H13N3O3S/c20-15(21)10-22-12-5-3-4-11(8-12)9-17-19-16-18-13-6-1-2-7-14(13)23-16/h1-9H,10H2,(H,18,19)(H,20,21)/b17-9-. The number of aromatic nitrogens is 1. The van der Waals surface area contributed by atoms with Crippen LogP contribution in [0, 0.1) is 0 Å². The fourth-order valence-corrected chi connectivity index (χ4v) is 2.73. The van der Waals surface area contributed by atoms with Crippen LogP contribution in [0.5, 0.6) is 5.75 Å². The lowest BCUT2D eigenvalue weighted by molar-refractivity contribution is -0.139. The number of nitrogens with zero attached hydrogens (tertiary/aromatic N) is 2. The van der Waals surface area contributed by atoms with Crippen molar-refractivity contribution in [2.75, 3.05) is 12.0 Å². The molecule has 116 valence electrons. The average molecular weight is 327 g/mol. The van der Waals surface area contributed by atoms with Crippen LogP contribution in [-0.4, -0.2) is 28.9 Å². The summed E-state index contributed by atoms with van der Waals surface area (Å²) in [5, 5.41) is 13.5. The molecule has 1 aromatic heterocycles. The normalized spacial score (nSPS) is 11.0. The zero-order valence-electron chi connectivity index (χ0n) is 12.0. The molecular weight excluding hydrogens is 314 g/mol. The van der Waals surface area contributed by atoms with Gasteiger partial charge >= 0.3 is 5.97 Å². The van der Waals surface area contributed by atoms with Crippen molar-refractivity contribution in [2.24, 2.45) is 5.10 Å². The van der Waals surface area contributed by atoms with Gasteiger partial charge in [0.2, 0.25) is 5.13 Å². The van der Waals surface area contributed by atoms with Crippen LogP contribution < -0.4 is 10.2 Å². The first-order valence-corrected chi connectivity index (χ1v) is 7.62. The van der Waals surface area contributed by atoms with Gasteiger partial charge in [-0.05, 0) is 29.8 Å². The van der Waals surface area contributed by atoms with Crippen LogP contribution in [-0.2, 0) is 4.79 Å². The molecule has 0 amide bonds. The summed E-state index contributed by atoms with van der Waals surface area (Å²) < 4.78 is 6.21. The average Bonchev–Trinajstić information content (AvgIpc) is 2.96. The maximum absolute atomic E-state index is 10.5. The number of nitrogens with one attached hydrogen (secondary N) is 1. The zero-order valence-corrected chi connectivity index (χ0v) is 12.8. The number of carboxylic acids is 1. The number of rotatable bonds is 6. The third kappa shape index (κ3) is 4.04. The smallest absolute Gasteiger partial charge is 0.341 e. The van der Waals surface area contributed by atoms with Crippen molar-refractivity contribution in [2.45, 2.75) is 0 Å². The van der Waals surface area contributed by atoms with E-state index in [2.05, 4.69) is 15.5 Å². The van der Waals surface area contributed by atoms with E-state index in [1.807, 2.05) is 30.3 Å². The van der Waals surface area contributed by atoms with E-state index in [9.17, 15) is 4.79 Å². The number of benzene rings is 2. The molecule has 6 nitrogen and oxygen atoms in total. The van der Waals surface area contributed by atoms with Crippen molar-refractivity contribution in [3.63, 3.8) is 0 Å². The molecular formula is C16H13N3O3S. The molecule has 7 heteroatoms. The van der Waals surface area contributed by atoms with Gasteiger partial charge in [-0.1, -0.05) is 35.6 Å². The van der Waals surface area contributed by atoms with Gasteiger partial charge in [0, 0.05) is 0 Å². The number of thiazole rings is 1. The molecule has 0 radical (unpaired) electrons. The fourth-order valence-electron chi connectivity index (χ4n) is 1.91. The Morgan fingerprint density at radius 1 is 1.30 bits per heavy atom. The minimum absolute atomic E-state index is 0.370. The molecule has 0 aliphatic rings. The Morgan fingerprint density at radius 3 is 3.00 bits per heavy atom. The molecule has 2 N–H and O–H groups in total. The van der Waals surface area contributed by atoms with E-state index in [-0.39, 0.29) is 6.61 Å². The quantitative estimate of drug-likeness (QED) is 0.536. The third-order valence-corrected chi connectivity index (χ3v) is 3.83. The number of aliphatic carboxylic acids is 1. The van der Waals surface area contributed by atoms with E-state index in [1.165, 1.54) is 11.3 Å². The van der Waals surface area contributed by atoms with Gasteiger partial charge in [0.1, 0.15) is 5.75 Å². The number of anilines is 1. The van der Waals surface area contributed by atoms with Crippen LogP contribution in [0.3, 0.4) is 0 Å². The highest BCUT2D eigenvalue weighted by Gasteiger charge is 2.01. The predicted molar refractivity (Wildman–Crippen MR) is 90.4 cm³/mol. The summed E-state index contributed by atoms with van der Waals surface area (Å²) in [6, 6.07) is 14.9. The van der Waals surface area contributed by atoms with Gasteiger partial charge in [0.05, 0.1) is 16.4 Å².